The van der Waals surface area contributed by atoms with Crippen LogP contribution in [0.5, 0.6) is 0 Å². The first kappa shape index (κ1) is 11.4. The van der Waals surface area contributed by atoms with Gasteiger partial charge in [-0.25, -0.2) is 0 Å². The minimum absolute atomic E-state index is 0.609. The van der Waals surface area contributed by atoms with E-state index in [4.69, 9.17) is 0 Å². The quantitative estimate of drug-likeness (QED) is 0.487. The molecule has 0 spiro atoms. The molecule has 0 amide bonds. The van der Waals surface area contributed by atoms with Crippen LogP contribution in [0.4, 0.5) is 26.3 Å². The summed E-state index contributed by atoms with van der Waals surface area (Å²) in [5.41, 5.74) is -4.05. The van der Waals surface area contributed by atoms with Gasteiger partial charge in [0.05, 0.1) is 6.61 Å². The maximum absolute atomic E-state index is 12.2. The predicted octanol–water partition coefficient (Wildman–Crippen LogP) is 2.68. The SMILES string of the molecule is C=C[C@H]1COC1(C(F)(F)F)C(F)(F)F. The maximum atomic E-state index is 12.2. The Kier molecular flexibility index (Phi) is 2.34. The van der Waals surface area contributed by atoms with E-state index in [9.17, 15) is 26.3 Å². The van der Waals surface area contributed by atoms with Crippen molar-refractivity contribution in [3.05, 3.63) is 12.7 Å². The first-order valence-corrected chi connectivity index (χ1v) is 3.57. The molecule has 0 saturated carbocycles. The summed E-state index contributed by atoms with van der Waals surface area (Å²) >= 11 is 0. The van der Waals surface area contributed by atoms with Crippen molar-refractivity contribution in [3.63, 3.8) is 0 Å². The van der Waals surface area contributed by atoms with Crippen LogP contribution in [0.25, 0.3) is 0 Å². The Bertz CT molecular complexity index is 226. The standard InChI is InChI=1S/C7H6F6O/c1-2-4-3-14-5(4,6(8,9)10)7(11,12)13/h2,4H,1,3H2/t4-/m0/s1. The molecule has 0 aromatic carbocycles. The lowest BCUT2D eigenvalue weighted by Gasteiger charge is -2.48. The minimum Gasteiger partial charge on any atom is -0.357 e. The summed E-state index contributed by atoms with van der Waals surface area (Å²) in [5.74, 6) is -1.76. The first-order valence-electron chi connectivity index (χ1n) is 3.57. The maximum Gasteiger partial charge on any atom is 0.427 e. The molecule has 7 heteroatoms. The zero-order chi connectivity index (χ0) is 11.2. The molecule has 1 fully saturated rings. The number of hydrogen-bond acceptors (Lipinski definition) is 1. The van der Waals surface area contributed by atoms with Gasteiger partial charge in [-0.05, 0) is 0 Å². The second-order valence-corrected chi connectivity index (χ2v) is 2.88. The topological polar surface area (TPSA) is 9.23 Å². The van der Waals surface area contributed by atoms with Gasteiger partial charge in [0, 0.05) is 5.92 Å². The molecule has 0 aliphatic carbocycles. The van der Waals surface area contributed by atoms with E-state index in [0.717, 1.165) is 0 Å². The Labute approximate surface area is 75.3 Å². The van der Waals surface area contributed by atoms with E-state index in [1.165, 1.54) is 0 Å². The van der Waals surface area contributed by atoms with Gasteiger partial charge in [0.1, 0.15) is 0 Å². The Balaban J connectivity index is 3.11. The zero-order valence-corrected chi connectivity index (χ0v) is 6.74. The molecule has 0 N–H and O–H groups in total. The normalized spacial score (nSPS) is 26.9. The van der Waals surface area contributed by atoms with Gasteiger partial charge < -0.3 is 4.74 Å². The van der Waals surface area contributed by atoms with E-state index >= 15 is 0 Å². The fourth-order valence-electron chi connectivity index (χ4n) is 1.33. The minimum atomic E-state index is -5.47. The third-order valence-electron chi connectivity index (χ3n) is 2.14. The highest BCUT2D eigenvalue weighted by Gasteiger charge is 2.79. The molecule has 1 nitrogen and oxygen atoms in total. The molecule has 82 valence electrons. The molecule has 1 aliphatic heterocycles. The molecule has 1 aliphatic rings. The van der Waals surface area contributed by atoms with Crippen LogP contribution in [0.15, 0.2) is 12.7 Å². The Morgan fingerprint density at radius 2 is 1.57 bits per heavy atom. The van der Waals surface area contributed by atoms with Gasteiger partial charge >= 0.3 is 12.4 Å². The molecule has 0 bridgehead atoms. The molecular weight excluding hydrogens is 214 g/mol. The second kappa shape index (κ2) is 2.88. The highest BCUT2D eigenvalue weighted by molar-refractivity contribution is 5.12. The summed E-state index contributed by atoms with van der Waals surface area (Å²) in [4.78, 5) is 0. The van der Waals surface area contributed by atoms with Crippen molar-refractivity contribution >= 4 is 0 Å². The van der Waals surface area contributed by atoms with Crippen molar-refractivity contribution in [2.45, 2.75) is 18.0 Å². The van der Waals surface area contributed by atoms with Crippen LogP contribution in [0, 0.1) is 5.92 Å². The molecule has 0 unspecified atom stereocenters. The van der Waals surface area contributed by atoms with Crippen molar-refractivity contribution in [1.82, 2.24) is 0 Å². The molecule has 1 rings (SSSR count). The zero-order valence-electron chi connectivity index (χ0n) is 6.74. The van der Waals surface area contributed by atoms with E-state index in [2.05, 4.69) is 11.3 Å². The third kappa shape index (κ3) is 1.22. The van der Waals surface area contributed by atoms with Crippen molar-refractivity contribution in [2.24, 2.45) is 5.92 Å². The van der Waals surface area contributed by atoms with Crippen LogP contribution < -0.4 is 0 Å². The lowest BCUT2D eigenvalue weighted by Crippen LogP contribution is -2.70. The van der Waals surface area contributed by atoms with Crippen LogP contribution in [0.3, 0.4) is 0 Å². The van der Waals surface area contributed by atoms with Crippen molar-refractivity contribution in [3.8, 4) is 0 Å². The van der Waals surface area contributed by atoms with Gasteiger partial charge in [-0.2, -0.15) is 26.3 Å². The number of ether oxygens (including phenoxy) is 1. The van der Waals surface area contributed by atoms with Crippen LogP contribution in [0.2, 0.25) is 0 Å². The number of alkyl halides is 6. The van der Waals surface area contributed by atoms with Crippen molar-refractivity contribution in [1.29, 1.82) is 0 Å². The van der Waals surface area contributed by atoms with Crippen molar-refractivity contribution in [2.75, 3.05) is 6.61 Å². The fraction of sp³-hybridized carbons (Fsp3) is 0.714. The molecule has 1 heterocycles. The largest absolute Gasteiger partial charge is 0.427 e. The first-order chi connectivity index (χ1) is 6.17. The molecule has 0 aromatic heterocycles. The average molecular weight is 220 g/mol. The highest BCUT2D eigenvalue weighted by Crippen LogP contribution is 2.55. The van der Waals surface area contributed by atoms with Gasteiger partial charge in [0.2, 0.25) is 0 Å². The molecule has 0 radical (unpaired) electrons. The summed E-state index contributed by atoms with van der Waals surface area (Å²) in [5, 5.41) is 0. The third-order valence-corrected chi connectivity index (χ3v) is 2.14. The highest BCUT2D eigenvalue weighted by atomic mass is 19.4. The number of rotatable bonds is 1. The molecule has 0 aromatic rings. The fourth-order valence-corrected chi connectivity index (χ4v) is 1.33. The monoisotopic (exact) mass is 220 g/mol. The predicted molar refractivity (Wildman–Crippen MR) is 34.5 cm³/mol. The number of hydrogen-bond donors (Lipinski definition) is 0. The van der Waals surface area contributed by atoms with E-state index in [1.54, 1.807) is 0 Å². The molecule has 14 heavy (non-hydrogen) atoms. The van der Waals surface area contributed by atoms with Crippen LogP contribution >= 0.6 is 0 Å². The number of halogens is 6. The summed E-state index contributed by atoms with van der Waals surface area (Å²) < 4.78 is 76.9. The van der Waals surface area contributed by atoms with Gasteiger partial charge in [-0.3, -0.25) is 0 Å². The summed E-state index contributed by atoms with van der Waals surface area (Å²) in [6.07, 6.45) is -10.3. The van der Waals surface area contributed by atoms with E-state index in [0.29, 0.717) is 6.08 Å². The van der Waals surface area contributed by atoms with Crippen molar-refractivity contribution < 1.29 is 31.1 Å². The van der Waals surface area contributed by atoms with E-state index < -0.39 is 30.5 Å². The van der Waals surface area contributed by atoms with E-state index in [-0.39, 0.29) is 0 Å². The Morgan fingerprint density at radius 3 is 1.64 bits per heavy atom. The summed E-state index contributed by atoms with van der Waals surface area (Å²) in [6.45, 7) is 2.32. The van der Waals surface area contributed by atoms with Gasteiger partial charge in [0.15, 0.2) is 0 Å². The summed E-state index contributed by atoms with van der Waals surface area (Å²) in [7, 11) is 0. The molecular formula is C7H6F6O. The lowest BCUT2D eigenvalue weighted by atomic mass is 9.81. The van der Waals surface area contributed by atoms with Gasteiger partial charge in [-0.1, -0.05) is 6.08 Å². The smallest absolute Gasteiger partial charge is 0.357 e. The second-order valence-electron chi connectivity index (χ2n) is 2.88. The summed E-state index contributed by atoms with van der Waals surface area (Å²) in [6, 6.07) is 0. The van der Waals surface area contributed by atoms with Gasteiger partial charge in [-0.15, -0.1) is 6.58 Å². The van der Waals surface area contributed by atoms with Crippen LogP contribution in [0.1, 0.15) is 0 Å². The lowest BCUT2D eigenvalue weighted by molar-refractivity contribution is -0.436. The van der Waals surface area contributed by atoms with Crippen LogP contribution in [-0.2, 0) is 4.74 Å². The van der Waals surface area contributed by atoms with E-state index in [1.807, 2.05) is 0 Å². The average Bonchev–Trinajstić information content (AvgIpc) is 1.77. The molecule has 1 atom stereocenters. The molecule has 1 saturated heterocycles. The Hall–Kier alpha value is -0.720. The van der Waals surface area contributed by atoms with Crippen LogP contribution in [-0.4, -0.2) is 24.6 Å². The van der Waals surface area contributed by atoms with Gasteiger partial charge in [0.25, 0.3) is 5.60 Å². The Morgan fingerprint density at radius 1 is 1.14 bits per heavy atom.